The first-order valence-corrected chi connectivity index (χ1v) is 13.9. The molecule has 2 aromatic rings. The molecule has 0 unspecified atom stereocenters. The summed E-state index contributed by atoms with van der Waals surface area (Å²) in [6, 6.07) is 12.3. The third kappa shape index (κ3) is 6.08. The fourth-order valence-corrected chi connectivity index (χ4v) is 5.97. The van der Waals surface area contributed by atoms with Gasteiger partial charge in [0.1, 0.15) is 0 Å². The van der Waals surface area contributed by atoms with Crippen LogP contribution in [0.25, 0.3) is 11.1 Å². The van der Waals surface area contributed by atoms with Gasteiger partial charge in [-0.05, 0) is 74.0 Å². The smallest absolute Gasteiger partial charge is 0.337 e. The summed E-state index contributed by atoms with van der Waals surface area (Å²) in [5.41, 5.74) is 1.21. The van der Waals surface area contributed by atoms with Crippen molar-refractivity contribution in [1.82, 2.24) is 19.6 Å². The van der Waals surface area contributed by atoms with Crippen molar-refractivity contribution >= 4 is 11.9 Å². The van der Waals surface area contributed by atoms with E-state index in [9.17, 15) is 22.8 Å². The summed E-state index contributed by atoms with van der Waals surface area (Å²) in [5.74, 6) is 0.681. The van der Waals surface area contributed by atoms with E-state index in [1.54, 1.807) is 36.2 Å². The van der Waals surface area contributed by atoms with Crippen LogP contribution in [-0.4, -0.2) is 90.4 Å². The normalized spacial score (nSPS) is 21.9. The zero-order valence-corrected chi connectivity index (χ0v) is 22.7. The number of nitrogens with zero attached hydrogens (tertiary/aromatic N) is 4. The predicted octanol–water partition coefficient (Wildman–Crippen LogP) is 5.44. The van der Waals surface area contributed by atoms with E-state index in [1.165, 1.54) is 31.4 Å². The van der Waals surface area contributed by atoms with E-state index in [2.05, 4.69) is 11.9 Å². The molecule has 0 bridgehead atoms. The standard InChI is InChI=1S/C30H37F3N4O2/c1-34(18-21-4-3-5-21)26-14-16-36(19-26)29(39)37-17-15-27(20-37)35(2)28(38)24-8-6-22(7-9-24)23-10-12-25(13-11-23)30(31,32)33/h6-13,21,26-27H,3-5,14-20H2,1-2H3/t26-,27+/m1/s1. The number of carbonyl (C=O) groups is 2. The monoisotopic (exact) mass is 542 g/mol. The van der Waals surface area contributed by atoms with Gasteiger partial charge in [-0.15, -0.1) is 0 Å². The zero-order valence-electron chi connectivity index (χ0n) is 22.7. The summed E-state index contributed by atoms with van der Waals surface area (Å²) in [5, 5.41) is 0. The van der Waals surface area contributed by atoms with Crippen LogP contribution in [-0.2, 0) is 6.18 Å². The molecule has 3 aliphatic rings. The first-order valence-electron chi connectivity index (χ1n) is 13.9. The highest BCUT2D eigenvalue weighted by atomic mass is 19.4. The van der Waals surface area contributed by atoms with Crippen LogP contribution in [0.5, 0.6) is 0 Å². The summed E-state index contributed by atoms with van der Waals surface area (Å²) in [4.78, 5) is 34.4. The molecule has 3 fully saturated rings. The molecule has 5 rings (SSSR count). The van der Waals surface area contributed by atoms with Crippen molar-refractivity contribution < 1.29 is 22.8 Å². The number of amides is 3. The predicted molar refractivity (Wildman–Crippen MR) is 144 cm³/mol. The van der Waals surface area contributed by atoms with Gasteiger partial charge in [0.15, 0.2) is 0 Å². The van der Waals surface area contributed by atoms with Crippen LogP contribution in [0.1, 0.15) is 48.0 Å². The van der Waals surface area contributed by atoms with Gasteiger partial charge in [0.2, 0.25) is 0 Å². The minimum absolute atomic E-state index is 0.0595. The molecule has 210 valence electrons. The molecule has 9 heteroatoms. The number of hydrogen-bond acceptors (Lipinski definition) is 3. The first-order chi connectivity index (χ1) is 18.6. The lowest BCUT2D eigenvalue weighted by Gasteiger charge is -2.33. The van der Waals surface area contributed by atoms with Gasteiger partial charge in [-0.2, -0.15) is 13.2 Å². The average molecular weight is 543 g/mol. The molecule has 0 spiro atoms. The number of likely N-dealkylation sites (N-methyl/N-ethyl adjacent to an activating group) is 2. The first kappa shape index (κ1) is 27.5. The molecular formula is C30H37F3N4O2. The van der Waals surface area contributed by atoms with Gasteiger partial charge in [-0.1, -0.05) is 30.7 Å². The molecule has 3 amide bonds. The number of hydrogen-bond donors (Lipinski definition) is 0. The van der Waals surface area contributed by atoms with Crippen LogP contribution < -0.4 is 0 Å². The Bertz CT molecular complexity index is 1160. The number of benzene rings is 2. The van der Waals surface area contributed by atoms with E-state index in [4.69, 9.17) is 0 Å². The minimum Gasteiger partial charge on any atom is -0.337 e. The second-order valence-electron chi connectivity index (χ2n) is 11.4. The van der Waals surface area contributed by atoms with Crippen LogP contribution in [0, 0.1) is 5.92 Å². The second-order valence-corrected chi connectivity index (χ2v) is 11.4. The van der Waals surface area contributed by atoms with E-state index in [0.717, 1.165) is 56.1 Å². The molecule has 2 aliphatic heterocycles. The van der Waals surface area contributed by atoms with Crippen molar-refractivity contribution in [2.24, 2.45) is 5.92 Å². The third-order valence-electron chi connectivity index (χ3n) is 8.81. The summed E-state index contributed by atoms with van der Waals surface area (Å²) < 4.78 is 38.5. The van der Waals surface area contributed by atoms with Gasteiger partial charge in [-0.3, -0.25) is 4.79 Å². The Labute approximate surface area is 228 Å². The van der Waals surface area contributed by atoms with Crippen LogP contribution in [0.2, 0.25) is 0 Å². The van der Waals surface area contributed by atoms with Gasteiger partial charge in [0.25, 0.3) is 5.91 Å². The molecular weight excluding hydrogens is 505 g/mol. The van der Waals surface area contributed by atoms with Crippen LogP contribution in [0.3, 0.4) is 0 Å². The fourth-order valence-electron chi connectivity index (χ4n) is 5.97. The fraction of sp³-hybridized carbons (Fsp3) is 0.533. The third-order valence-corrected chi connectivity index (χ3v) is 8.81. The number of carbonyl (C=O) groups excluding carboxylic acids is 2. The molecule has 39 heavy (non-hydrogen) atoms. The number of halogens is 3. The Kier molecular flexibility index (Phi) is 7.89. The second kappa shape index (κ2) is 11.2. The molecule has 0 radical (unpaired) electrons. The largest absolute Gasteiger partial charge is 0.416 e. The molecule has 1 aliphatic carbocycles. The number of rotatable bonds is 6. The van der Waals surface area contributed by atoms with Gasteiger partial charge >= 0.3 is 12.2 Å². The maximum atomic E-state index is 13.2. The summed E-state index contributed by atoms with van der Waals surface area (Å²) in [6.07, 6.45) is 1.36. The number of likely N-dealkylation sites (tertiary alicyclic amines) is 2. The minimum atomic E-state index is -4.37. The summed E-state index contributed by atoms with van der Waals surface area (Å²) in [7, 11) is 3.95. The van der Waals surface area contributed by atoms with Gasteiger partial charge in [-0.25, -0.2) is 4.79 Å². The highest BCUT2D eigenvalue weighted by molar-refractivity contribution is 5.95. The Morgan fingerprint density at radius 2 is 1.36 bits per heavy atom. The van der Waals surface area contributed by atoms with Crippen LogP contribution >= 0.6 is 0 Å². The van der Waals surface area contributed by atoms with E-state index in [-0.39, 0.29) is 18.0 Å². The van der Waals surface area contributed by atoms with Crippen molar-refractivity contribution in [3.8, 4) is 11.1 Å². The molecule has 6 nitrogen and oxygen atoms in total. The Balaban J connectivity index is 1.13. The maximum absolute atomic E-state index is 13.2. The number of alkyl halides is 3. The average Bonchev–Trinajstić information content (AvgIpc) is 3.60. The molecule has 1 saturated carbocycles. The lowest BCUT2D eigenvalue weighted by Crippen LogP contribution is -2.45. The quantitative estimate of drug-likeness (QED) is 0.488. The van der Waals surface area contributed by atoms with Crippen molar-refractivity contribution in [2.75, 3.05) is 46.8 Å². The number of urea groups is 1. The SMILES string of the molecule is CN(CC1CCC1)[C@@H]1CCN(C(=O)N2CC[C@H](N(C)C(=O)c3ccc(-c4ccc(C(F)(F)F)cc4)cc3)C2)C1. The van der Waals surface area contributed by atoms with Gasteiger partial charge in [0.05, 0.1) is 11.6 Å². The Morgan fingerprint density at radius 3 is 1.90 bits per heavy atom. The molecule has 2 heterocycles. The highest BCUT2D eigenvalue weighted by Gasteiger charge is 2.37. The van der Waals surface area contributed by atoms with E-state index < -0.39 is 11.7 Å². The van der Waals surface area contributed by atoms with Crippen LogP contribution in [0.15, 0.2) is 48.5 Å². The summed E-state index contributed by atoms with van der Waals surface area (Å²) >= 11 is 0. The zero-order chi connectivity index (χ0) is 27.7. The lowest BCUT2D eigenvalue weighted by molar-refractivity contribution is -0.137. The summed E-state index contributed by atoms with van der Waals surface area (Å²) in [6.45, 7) is 3.82. The van der Waals surface area contributed by atoms with Crippen molar-refractivity contribution in [1.29, 1.82) is 0 Å². The topological polar surface area (TPSA) is 47.1 Å². The van der Waals surface area contributed by atoms with Crippen molar-refractivity contribution in [3.63, 3.8) is 0 Å². The van der Waals surface area contributed by atoms with E-state index >= 15 is 0 Å². The van der Waals surface area contributed by atoms with E-state index in [1.807, 2.05) is 9.80 Å². The molecule has 2 aromatic carbocycles. The van der Waals surface area contributed by atoms with Crippen molar-refractivity contribution in [2.45, 2.75) is 50.4 Å². The van der Waals surface area contributed by atoms with Crippen LogP contribution in [0.4, 0.5) is 18.0 Å². The molecule has 0 aromatic heterocycles. The molecule has 2 saturated heterocycles. The molecule has 2 atom stereocenters. The Hall–Kier alpha value is -3.07. The lowest BCUT2D eigenvalue weighted by atomic mass is 9.85. The maximum Gasteiger partial charge on any atom is 0.416 e. The Morgan fingerprint density at radius 1 is 0.821 bits per heavy atom. The van der Waals surface area contributed by atoms with E-state index in [0.29, 0.717) is 30.3 Å². The highest BCUT2D eigenvalue weighted by Crippen LogP contribution is 2.31. The van der Waals surface area contributed by atoms with Crippen molar-refractivity contribution in [3.05, 3.63) is 59.7 Å². The van der Waals surface area contributed by atoms with Gasteiger partial charge in [0, 0.05) is 51.4 Å². The van der Waals surface area contributed by atoms with Gasteiger partial charge < -0.3 is 19.6 Å². The molecule has 0 N–H and O–H groups in total.